The van der Waals surface area contributed by atoms with Crippen LogP contribution in [0.2, 0.25) is 5.04 Å². The van der Waals surface area contributed by atoms with Gasteiger partial charge in [-0.05, 0) is 53.6 Å². The number of benzene rings is 3. The number of carbonyl (C=O) groups excluding carboxylic acids is 2. The van der Waals surface area contributed by atoms with Crippen LogP contribution in [0.5, 0.6) is 0 Å². The molecule has 2 atom stereocenters. The summed E-state index contributed by atoms with van der Waals surface area (Å²) in [7, 11) is -2.80. The third-order valence-corrected chi connectivity index (χ3v) is 14.4. The molecule has 1 aliphatic carbocycles. The van der Waals surface area contributed by atoms with E-state index in [1.54, 1.807) is 0 Å². The zero-order valence-corrected chi connectivity index (χ0v) is 27.1. The number of ether oxygens (including phenoxy) is 1. The monoisotopic (exact) mass is 595 g/mol. The number of carbonyl (C=O) groups is 2. The lowest BCUT2D eigenvalue weighted by Gasteiger charge is -2.47. The van der Waals surface area contributed by atoms with E-state index in [0.29, 0.717) is 19.6 Å². The number of likely N-dealkylation sites (tertiary alicyclic amines) is 1. The topological polar surface area (TPSA) is 55.8 Å². The fourth-order valence-electron chi connectivity index (χ4n) is 7.11. The quantitative estimate of drug-likeness (QED) is 0.213. The van der Waals surface area contributed by atoms with Crippen LogP contribution in [0.4, 0.5) is 4.79 Å². The molecular weight excluding hydrogens is 550 g/mol. The fourth-order valence-corrected chi connectivity index (χ4v) is 11.7. The van der Waals surface area contributed by atoms with Crippen molar-refractivity contribution in [1.29, 1.82) is 0 Å². The Balaban J connectivity index is 1.48. The van der Waals surface area contributed by atoms with Crippen LogP contribution in [0.1, 0.15) is 65.4 Å². The number of nitrogens with zero attached hydrogens (tertiary/aromatic N) is 1. The summed E-state index contributed by atoms with van der Waals surface area (Å²) in [4.78, 5) is 29.3. The van der Waals surface area contributed by atoms with E-state index >= 15 is 0 Å². The van der Waals surface area contributed by atoms with Gasteiger partial charge in [0, 0.05) is 19.1 Å². The van der Waals surface area contributed by atoms with Gasteiger partial charge < -0.3 is 9.16 Å². The average molecular weight is 596 g/mol. The van der Waals surface area contributed by atoms with Crippen molar-refractivity contribution in [2.45, 2.75) is 71.4 Å². The first-order valence-electron chi connectivity index (χ1n) is 15.6. The van der Waals surface area contributed by atoms with E-state index in [2.05, 4.69) is 82.3 Å². The zero-order valence-electron chi connectivity index (χ0n) is 26.1. The molecule has 5 nitrogen and oxygen atoms in total. The number of amides is 2. The maximum absolute atomic E-state index is 14.5. The summed E-state index contributed by atoms with van der Waals surface area (Å²) in [5.74, 6) is -0.249. The molecule has 3 aromatic rings. The normalized spacial score (nSPS) is 21.3. The fraction of sp³-hybridized carbons (Fsp3) is 0.405. The minimum Gasteiger partial charge on any atom is -0.444 e. The highest BCUT2D eigenvalue weighted by molar-refractivity contribution is 6.99. The Bertz CT molecular complexity index is 1380. The molecule has 1 spiro atoms. The molecule has 2 amide bonds. The van der Waals surface area contributed by atoms with Crippen molar-refractivity contribution in [3.8, 4) is 0 Å². The molecule has 226 valence electrons. The van der Waals surface area contributed by atoms with Crippen LogP contribution < -0.4 is 10.4 Å². The van der Waals surface area contributed by atoms with Gasteiger partial charge in [0.05, 0.1) is 5.41 Å². The van der Waals surface area contributed by atoms with Crippen LogP contribution in [-0.2, 0) is 20.6 Å². The molecule has 0 aromatic heterocycles. The van der Waals surface area contributed by atoms with E-state index in [1.165, 1.54) is 20.8 Å². The summed E-state index contributed by atoms with van der Waals surface area (Å²) < 4.78 is 13.1. The van der Waals surface area contributed by atoms with Crippen molar-refractivity contribution < 1.29 is 18.8 Å². The lowest BCUT2D eigenvalue weighted by molar-refractivity contribution is -0.144. The van der Waals surface area contributed by atoms with Gasteiger partial charge in [0.25, 0.3) is 8.32 Å². The Morgan fingerprint density at radius 1 is 0.884 bits per heavy atom. The van der Waals surface area contributed by atoms with Crippen molar-refractivity contribution in [2.24, 2.45) is 11.3 Å². The van der Waals surface area contributed by atoms with Gasteiger partial charge in [-0.15, -0.1) is 0 Å². The lowest BCUT2D eigenvalue weighted by atomic mass is 9.65. The van der Waals surface area contributed by atoms with Crippen LogP contribution in [0.15, 0.2) is 103 Å². The summed E-state index contributed by atoms with van der Waals surface area (Å²) in [6, 6.07) is 30.9. The maximum atomic E-state index is 14.5. The number of hydrogen-bond donors (Lipinski definition) is 0. The Hall–Kier alpha value is -3.48. The molecule has 1 saturated heterocycles. The molecule has 0 N–H and O–H groups in total. The number of rotatable bonds is 7. The molecule has 0 saturated carbocycles. The summed E-state index contributed by atoms with van der Waals surface area (Å²) in [6.45, 7) is 9.93. The molecule has 1 aliphatic heterocycles. The largest absolute Gasteiger partial charge is 0.444 e. The number of allylic oxidation sites excluding steroid dienone is 1. The van der Waals surface area contributed by atoms with Crippen LogP contribution in [0.25, 0.3) is 0 Å². The first-order valence-corrected chi connectivity index (χ1v) is 17.5. The standard InChI is InChI=1S/C37H45NO4Si/c1-29-22-24-37(23-14-15-25-38(34(37)39)35(40)41-27-30-16-8-5-9-17-30)31(26-29)28-42-43(36(2,3)4,32-18-10-6-11-19-32)33-20-12-7-13-21-33/h5-13,16-21,26,31H,14-15,22-25,27-28H2,1-4H3/t31?,37-/m0/s1. The third kappa shape index (κ3) is 6.27. The SMILES string of the molecule is CC1=CC(CO[Si](c2ccccc2)(c2ccccc2)C(C)(C)C)[C@]2(CCCCN(C(=O)OCc3ccccc3)C2=O)CC1. The van der Waals surface area contributed by atoms with Crippen molar-refractivity contribution in [3.05, 3.63) is 108 Å². The molecule has 1 unspecified atom stereocenters. The van der Waals surface area contributed by atoms with Crippen molar-refractivity contribution >= 4 is 30.7 Å². The smallest absolute Gasteiger partial charge is 0.416 e. The second-order valence-corrected chi connectivity index (χ2v) is 17.5. The van der Waals surface area contributed by atoms with Crippen molar-refractivity contribution in [3.63, 3.8) is 0 Å². The van der Waals surface area contributed by atoms with E-state index in [-0.39, 0.29) is 23.5 Å². The van der Waals surface area contributed by atoms with Gasteiger partial charge >= 0.3 is 6.09 Å². The van der Waals surface area contributed by atoms with Crippen molar-refractivity contribution in [2.75, 3.05) is 13.2 Å². The molecule has 2 aliphatic rings. The van der Waals surface area contributed by atoms with Gasteiger partial charge in [-0.1, -0.05) is 130 Å². The van der Waals surface area contributed by atoms with E-state index < -0.39 is 19.8 Å². The molecule has 5 rings (SSSR count). The Kier molecular flexibility index (Phi) is 9.38. The number of hydrogen-bond acceptors (Lipinski definition) is 4. The van der Waals surface area contributed by atoms with Gasteiger partial charge in [-0.25, -0.2) is 9.69 Å². The van der Waals surface area contributed by atoms with E-state index in [1.807, 2.05) is 42.5 Å². The highest BCUT2D eigenvalue weighted by Gasteiger charge is 2.54. The molecular formula is C37H45NO4Si. The second kappa shape index (κ2) is 13.0. The molecule has 0 bridgehead atoms. The van der Waals surface area contributed by atoms with Crippen LogP contribution >= 0.6 is 0 Å². The predicted octanol–water partition coefficient (Wildman–Crippen LogP) is 7.26. The van der Waals surface area contributed by atoms with E-state index in [0.717, 1.165) is 31.2 Å². The second-order valence-electron chi connectivity index (χ2n) is 13.2. The minimum absolute atomic E-state index is 0.108. The third-order valence-electron chi connectivity index (χ3n) is 9.41. The summed E-state index contributed by atoms with van der Waals surface area (Å²) in [5, 5.41) is 2.27. The molecule has 0 radical (unpaired) electrons. The maximum Gasteiger partial charge on any atom is 0.416 e. The Morgan fingerprint density at radius 2 is 1.47 bits per heavy atom. The van der Waals surface area contributed by atoms with Crippen LogP contribution in [0, 0.1) is 11.3 Å². The van der Waals surface area contributed by atoms with Gasteiger partial charge in [0.2, 0.25) is 5.91 Å². The molecule has 6 heteroatoms. The van der Waals surface area contributed by atoms with Gasteiger partial charge in [0.1, 0.15) is 6.61 Å². The van der Waals surface area contributed by atoms with E-state index in [9.17, 15) is 9.59 Å². The summed E-state index contributed by atoms with van der Waals surface area (Å²) >= 11 is 0. The Labute approximate surface area is 258 Å². The molecule has 43 heavy (non-hydrogen) atoms. The van der Waals surface area contributed by atoms with Crippen molar-refractivity contribution in [1.82, 2.24) is 4.90 Å². The number of imide groups is 1. The summed E-state index contributed by atoms with van der Waals surface area (Å²) in [5.41, 5.74) is 1.48. The molecule has 3 aromatic carbocycles. The first kappa shape index (κ1) is 31.0. The average Bonchev–Trinajstić information content (AvgIpc) is 3.18. The summed E-state index contributed by atoms with van der Waals surface area (Å²) in [6.07, 6.45) is 5.67. The highest BCUT2D eigenvalue weighted by atomic mass is 28.4. The van der Waals surface area contributed by atoms with Gasteiger partial charge in [-0.3, -0.25) is 4.79 Å². The van der Waals surface area contributed by atoms with E-state index in [4.69, 9.17) is 9.16 Å². The zero-order chi connectivity index (χ0) is 30.5. The van der Waals surface area contributed by atoms with Crippen LogP contribution in [0.3, 0.4) is 0 Å². The highest BCUT2D eigenvalue weighted by Crippen LogP contribution is 2.48. The van der Waals surface area contributed by atoms with Gasteiger partial charge in [-0.2, -0.15) is 0 Å². The molecule has 1 fully saturated rings. The Morgan fingerprint density at radius 3 is 2.05 bits per heavy atom. The lowest BCUT2D eigenvalue weighted by Crippen LogP contribution is -2.67. The molecule has 1 heterocycles. The van der Waals surface area contributed by atoms with Crippen LogP contribution in [-0.4, -0.2) is 38.4 Å². The van der Waals surface area contributed by atoms with Gasteiger partial charge in [0.15, 0.2) is 0 Å². The predicted molar refractivity (Wildman–Crippen MR) is 175 cm³/mol. The minimum atomic E-state index is -2.80. The first-order chi connectivity index (χ1) is 20.7.